The molecule has 3 aliphatic rings. The SMILES string of the molecule is C=CC(C1CC1)S(=O)(=O)C1(c2cc(N3CCOCC3)nc(-c3ccc(NC(=O)NCCN(C)C)cc3)n2)CCC1. The van der Waals surface area contributed by atoms with Gasteiger partial charge in [-0.15, -0.1) is 6.58 Å². The third kappa shape index (κ3) is 5.87. The van der Waals surface area contributed by atoms with Gasteiger partial charge in [-0.3, -0.25) is 0 Å². The second-order valence-electron chi connectivity index (χ2n) is 11.2. The molecule has 10 nitrogen and oxygen atoms in total. The summed E-state index contributed by atoms with van der Waals surface area (Å²) in [6, 6.07) is 8.94. The van der Waals surface area contributed by atoms with Crippen molar-refractivity contribution in [3.05, 3.63) is 48.7 Å². The Labute approximate surface area is 237 Å². The number of nitrogens with one attached hydrogen (secondary N) is 2. The first-order valence-electron chi connectivity index (χ1n) is 14.1. The smallest absolute Gasteiger partial charge is 0.319 e. The van der Waals surface area contributed by atoms with E-state index >= 15 is 0 Å². The van der Waals surface area contributed by atoms with Crippen molar-refractivity contribution < 1.29 is 17.9 Å². The van der Waals surface area contributed by atoms with E-state index in [9.17, 15) is 13.2 Å². The number of hydrogen-bond acceptors (Lipinski definition) is 8. The maximum absolute atomic E-state index is 14.1. The van der Waals surface area contributed by atoms with E-state index in [0.29, 0.717) is 68.7 Å². The van der Waals surface area contributed by atoms with Crippen molar-refractivity contribution in [1.82, 2.24) is 20.2 Å². The molecule has 2 N–H and O–H groups in total. The molecule has 0 bridgehead atoms. The number of benzene rings is 1. The molecular weight excluding hydrogens is 528 g/mol. The molecule has 40 heavy (non-hydrogen) atoms. The number of amides is 2. The molecule has 2 heterocycles. The minimum atomic E-state index is -3.55. The maximum atomic E-state index is 14.1. The van der Waals surface area contributed by atoms with Crippen LogP contribution >= 0.6 is 0 Å². The molecule has 2 amide bonds. The van der Waals surface area contributed by atoms with Crippen LogP contribution in [0.2, 0.25) is 0 Å². The Morgan fingerprint density at radius 1 is 1.20 bits per heavy atom. The summed E-state index contributed by atoms with van der Waals surface area (Å²) in [7, 11) is 0.348. The molecule has 3 fully saturated rings. The number of urea groups is 1. The number of morpholine rings is 1. The van der Waals surface area contributed by atoms with Crippen molar-refractivity contribution in [2.24, 2.45) is 5.92 Å². The van der Waals surface area contributed by atoms with Crippen molar-refractivity contribution in [3.63, 3.8) is 0 Å². The van der Waals surface area contributed by atoms with Crippen LogP contribution in [-0.2, 0) is 19.3 Å². The normalized spacial score (nSPS) is 19.5. The molecule has 2 saturated carbocycles. The van der Waals surface area contributed by atoms with Gasteiger partial charge in [-0.25, -0.2) is 23.2 Å². The number of likely N-dealkylation sites (N-methyl/N-ethyl adjacent to an activating group) is 1. The summed E-state index contributed by atoms with van der Waals surface area (Å²) in [4.78, 5) is 26.2. The van der Waals surface area contributed by atoms with Gasteiger partial charge in [-0.05, 0) is 76.4 Å². The number of carbonyl (C=O) groups is 1. The second kappa shape index (κ2) is 11.8. The van der Waals surface area contributed by atoms with Crippen LogP contribution in [-0.4, -0.2) is 88.1 Å². The van der Waals surface area contributed by atoms with Gasteiger partial charge in [0.25, 0.3) is 0 Å². The zero-order valence-corrected chi connectivity index (χ0v) is 24.3. The average Bonchev–Trinajstić information content (AvgIpc) is 3.74. The van der Waals surface area contributed by atoms with Crippen LogP contribution in [0.5, 0.6) is 0 Å². The standard InChI is InChI=1S/C29H40N6O4S/c1-4-24(21-6-7-21)40(37,38)29(12-5-13-29)25-20-26(35-16-18-39-19-17-35)33-27(32-25)22-8-10-23(11-9-22)31-28(36)30-14-15-34(2)3/h4,8-11,20-21,24H,1,5-7,12-19H2,2-3H3,(H2,30,31,36). The molecule has 1 aromatic heterocycles. The summed E-state index contributed by atoms with van der Waals surface area (Å²) in [5.41, 5.74) is 1.97. The van der Waals surface area contributed by atoms with Crippen LogP contribution in [0.4, 0.5) is 16.3 Å². The van der Waals surface area contributed by atoms with E-state index in [2.05, 4.69) is 22.1 Å². The number of hydrogen-bond donors (Lipinski definition) is 2. The molecule has 1 atom stereocenters. The number of ether oxygens (including phenoxy) is 1. The number of anilines is 2. The van der Waals surface area contributed by atoms with Crippen LogP contribution in [0.15, 0.2) is 43.0 Å². The Kier molecular flexibility index (Phi) is 8.44. The lowest BCUT2D eigenvalue weighted by atomic mass is 9.81. The first kappa shape index (κ1) is 28.5. The zero-order chi connectivity index (χ0) is 28.3. The van der Waals surface area contributed by atoms with E-state index < -0.39 is 19.8 Å². The van der Waals surface area contributed by atoms with Gasteiger partial charge < -0.3 is 25.2 Å². The molecule has 1 aromatic carbocycles. The van der Waals surface area contributed by atoms with Gasteiger partial charge in [0, 0.05) is 43.5 Å². The quantitative estimate of drug-likeness (QED) is 0.396. The van der Waals surface area contributed by atoms with E-state index in [-0.39, 0.29) is 11.9 Å². The number of rotatable bonds is 11. The summed E-state index contributed by atoms with van der Waals surface area (Å²) < 4.78 is 32.8. The molecule has 0 spiro atoms. The van der Waals surface area contributed by atoms with Crippen LogP contribution < -0.4 is 15.5 Å². The van der Waals surface area contributed by atoms with Crippen molar-refractivity contribution in [2.75, 3.05) is 63.7 Å². The molecule has 1 aliphatic heterocycles. The van der Waals surface area contributed by atoms with Crippen LogP contribution in [0.25, 0.3) is 11.4 Å². The molecular formula is C29H40N6O4S. The summed E-state index contributed by atoms with van der Waals surface area (Å²) >= 11 is 0. The average molecular weight is 569 g/mol. The third-order valence-corrected chi connectivity index (χ3v) is 11.1. The van der Waals surface area contributed by atoms with Crippen LogP contribution in [0.3, 0.4) is 0 Å². The zero-order valence-electron chi connectivity index (χ0n) is 23.4. The summed E-state index contributed by atoms with van der Waals surface area (Å²) in [6.45, 7) is 7.72. The van der Waals surface area contributed by atoms with Gasteiger partial charge in [0.1, 0.15) is 10.6 Å². The highest BCUT2D eigenvalue weighted by molar-refractivity contribution is 7.93. The Morgan fingerprint density at radius 3 is 2.48 bits per heavy atom. The van der Waals surface area contributed by atoms with Crippen LogP contribution in [0, 0.1) is 5.92 Å². The molecule has 216 valence electrons. The fourth-order valence-corrected chi connectivity index (χ4v) is 8.27. The van der Waals surface area contributed by atoms with Gasteiger partial charge in [-0.1, -0.05) is 6.08 Å². The van der Waals surface area contributed by atoms with E-state index in [1.807, 2.05) is 49.3 Å². The molecule has 1 saturated heterocycles. The largest absolute Gasteiger partial charge is 0.378 e. The Bertz CT molecular complexity index is 1320. The summed E-state index contributed by atoms with van der Waals surface area (Å²) in [5.74, 6) is 1.35. The first-order chi connectivity index (χ1) is 19.2. The first-order valence-corrected chi connectivity index (χ1v) is 15.7. The lowest BCUT2D eigenvalue weighted by Gasteiger charge is -2.43. The van der Waals surface area contributed by atoms with Gasteiger partial charge in [0.15, 0.2) is 15.7 Å². The Balaban J connectivity index is 1.46. The minimum absolute atomic E-state index is 0.153. The lowest BCUT2D eigenvalue weighted by Crippen LogP contribution is -2.48. The van der Waals surface area contributed by atoms with E-state index in [1.54, 1.807) is 6.08 Å². The lowest BCUT2D eigenvalue weighted by molar-refractivity contribution is 0.122. The van der Waals surface area contributed by atoms with Crippen molar-refractivity contribution in [1.29, 1.82) is 0 Å². The molecule has 2 aromatic rings. The van der Waals surface area contributed by atoms with E-state index in [4.69, 9.17) is 14.7 Å². The highest BCUT2D eigenvalue weighted by Gasteiger charge is 2.56. The number of carbonyl (C=O) groups excluding carboxylic acids is 1. The van der Waals surface area contributed by atoms with Gasteiger partial charge in [-0.2, -0.15) is 0 Å². The third-order valence-electron chi connectivity index (χ3n) is 8.14. The fourth-order valence-electron chi connectivity index (χ4n) is 5.46. The Hall–Kier alpha value is -3.02. The number of sulfone groups is 1. The maximum Gasteiger partial charge on any atom is 0.319 e. The predicted molar refractivity (Wildman–Crippen MR) is 157 cm³/mol. The molecule has 0 radical (unpaired) electrons. The van der Waals surface area contributed by atoms with Crippen LogP contribution in [0.1, 0.15) is 37.8 Å². The number of aromatic nitrogens is 2. The minimum Gasteiger partial charge on any atom is -0.378 e. The Morgan fingerprint density at radius 2 is 1.90 bits per heavy atom. The molecule has 5 rings (SSSR count). The summed E-state index contributed by atoms with van der Waals surface area (Å²) in [5, 5.41) is 5.13. The predicted octanol–water partition coefficient (Wildman–Crippen LogP) is 3.42. The van der Waals surface area contributed by atoms with Gasteiger partial charge >= 0.3 is 6.03 Å². The van der Waals surface area contributed by atoms with Crippen molar-refractivity contribution >= 4 is 27.4 Å². The second-order valence-corrected chi connectivity index (χ2v) is 13.6. The molecule has 1 unspecified atom stereocenters. The topological polar surface area (TPSA) is 117 Å². The highest BCUT2D eigenvalue weighted by Crippen LogP contribution is 2.53. The van der Waals surface area contributed by atoms with E-state index in [1.165, 1.54) is 0 Å². The molecule has 2 aliphatic carbocycles. The highest BCUT2D eigenvalue weighted by atomic mass is 32.2. The van der Waals surface area contributed by atoms with Gasteiger partial charge in [0.05, 0.1) is 24.2 Å². The van der Waals surface area contributed by atoms with Crippen molar-refractivity contribution in [2.45, 2.75) is 42.1 Å². The van der Waals surface area contributed by atoms with E-state index in [0.717, 1.165) is 31.4 Å². The van der Waals surface area contributed by atoms with Gasteiger partial charge in [0.2, 0.25) is 0 Å². The fraction of sp³-hybridized carbons (Fsp3) is 0.552. The summed E-state index contributed by atoms with van der Waals surface area (Å²) in [6.07, 6.45) is 5.42. The molecule has 11 heteroatoms. The monoisotopic (exact) mass is 568 g/mol. The number of nitrogens with zero attached hydrogens (tertiary/aromatic N) is 4. The van der Waals surface area contributed by atoms with Crippen molar-refractivity contribution in [3.8, 4) is 11.4 Å².